The van der Waals surface area contributed by atoms with Gasteiger partial charge in [0.15, 0.2) is 5.11 Å². The maximum Gasteiger partial charge on any atom is 0.416 e. The van der Waals surface area contributed by atoms with Gasteiger partial charge in [0.1, 0.15) is 0 Å². The molecule has 4 aromatic rings. The first-order valence-electron chi connectivity index (χ1n) is 10.7. The van der Waals surface area contributed by atoms with Gasteiger partial charge in [-0.15, -0.1) is 0 Å². The lowest BCUT2D eigenvalue weighted by molar-refractivity contribution is -0.137. The van der Waals surface area contributed by atoms with Crippen molar-refractivity contribution in [2.45, 2.75) is 32.7 Å². The van der Waals surface area contributed by atoms with Gasteiger partial charge in [0.2, 0.25) is 0 Å². The van der Waals surface area contributed by atoms with Crippen LogP contribution in [0.2, 0.25) is 0 Å². The molecule has 0 atom stereocenters. The molecule has 0 spiro atoms. The van der Waals surface area contributed by atoms with Crippen LogP contribution < -0.4 is 5.32 Å². The lowest BCUT2D eigenvalue weighted by atomic mass is 10.1. The van der Waals surface area contributed by atoms with Gasteiger partial charge in [-0.05, 0) is 54.5 Å². The number of rotatable bonds is 6. The van der Waals surface area contributed by atoms with E-state index in [9.17, 15) is 13.2 Å². The topological polar surface area (TPSA) is 20.2 Å². The summed E-state index contributed by atoms with van der Waals surface area (Å²) in [5, 5.41) is 4.52. The fourth-order valence-corrected chi connectivity index (χ4v) is 4.14. The highest BCUT2D eigenvalue weighted by Crippen LogP contribution is 2.31. The summed E-state index contributed by atoms with van der Waals surface area (Å²) in [5.41, 5.74) is 2.91. The monoisotopic (exact) mass is 467 g/mol. The molecule has 1 heterocycles. The highest BCUT2D eigenvalue weighted by atomic mass is 32.1. The summed E-state index contributed by atoms with van der Waals surface area (Å²) in [4.78, 5) is 1.98. The largest absolute Gasteiger partial charge is 0.416 e. The predicted molar refractivity (Wildman–Crippen MR) is 131 cm³/mol. The number of benzene rings is 3. The van der Waals surface area contributed by atoms with Crippen LogP contribution in [0.15, 0.2) is 85.1 Å². The number of alkyl halides is 3. The van der Waals surface area contributed by atoms with Gasteiger partial charge in [0, 0.05) is 42.4 Å². The Morgan fingerprint density at radius 3 is 2.39 bits per heavy atom. The van der Waals surface area contributed by atoms with E-state index >= 15 is 0 Å². The molecule has 0 aliphatic heterocycles. The molecule has 170 valence electrons. The van der Waals surface area contributed by atoms with E-state index in [0.29, 0.717) is 23.9 Å². The molecule has 0 aliphatic carbocycles. The van der Waals surface area contributed by atoms with Crippen molar-refractivity contribution in [2.75, 3.05) is 5.32 Å². The summed E-state index contributed by atoms with van der Waals surface area (Å²) in [5.74, 6) is 0. The lowest BCUT2D eigenvalue weighted by Crippen LogP contribution is -2.33. The minimum atomic E-state index is -4.41. The summed E-state index contributed by atoms with van der Waals surface area (Å²) < 4.78 is 41.6. The minimum absolute atomic E-state index is 0.309. The lowest BCUT2D eigenvalue weighted by Gasteiger charge is -2.26. The number of fused-ring (bicyclic) bond motifs is 1. The van der Waals surface area contributed by atoms with Crippen molar-refractivity contribution in [3.8, 4) is 0 Å². The third-order valence-electron chi connectivity index (χ3n) is 5.52. The molecule has 1 aromatic heterocycles. The molecule has 0 aliphatic rings. The van der Waals surface area contributed by atoms with Crippen molar-refractivity contribution in [3.63, 3.8) is 0 Å². The van der Waals surface area contributed by atoms with E-state index in [1.54, 1.807) is 6.07 Å². The number of nitrogens with zero attached hydrogens (tertiary/aromatic N) is 2. The number of thiocarbonyl (C=S) groups is 1. The minimum Gasteiger partial charge on any atom is -0.347 e. The van der Waals surface area contributed by atoms with E-state index in [4.69, 9.17) is 12.2 Å². The number of nitrogens with one attached hydrogen (secondary N) is 1. The van der Waals surface area contributed by atoms with Gasteiger partial charge >= 0.3 is 6.18 Å². The Bertz CT molecular complexity index is 1250. The van der Waals surface area contributed by atoms with Crippen molar-refractivity contribution >= 4 is 33.9 Å². The number of para-hydroxylation sites is 1. The second kappa shape index (κ2) is 9.67. The van der Waals surface area contributed by atoms with Crippen LogP contribution in [-0.2, 0) is 25.8 Å². The average molecular weight is 468 g/mol. The van der Waals surface area contributed by atoms with Crippen LogP contribution in [0.25, 0.3) is 10.9 Å². The van der Waals surface area contributed by atoms with E-state index in [1.165, 1.54) is 6.07 Å². The maximum absolute atomic E-state index is 13.1. The second-order valence-electron chi connectivity index (χ2n) is 7.81. The molecule has 7 heteroatoms. The fraction of sp³-hybridized carbons (Fsp3) is 0.192. The number of hydrogen-bond donors (Lipinski definition) is 1. The standard InChI is InChI=1S/C26H24F3N3S/c1-2-31-17-20(23-13-6-7-14-24(23)31)18-32(16-19-9-4-3-5-10-19)25(33)30-22-12-8-11-21(15-22)26(27,28)29/h3-15,17H,2,16,18H2,1H3,(H,30,33). The van der Waals surface area contributed by atoms with Crippen LogP contribution in [0.3, 0.4) is 0 Å². The number of halogens is 3. The quantitative estimate of drug-likeness (QED) is 0.306. The zero-order valence-corrected chi connectivity index (χ0v) is 19.0. The molecular formula is C26H24F3N3S. The molecule has 3 aromatic carbocycles. The zero-order chi connectivity index (χ0) is 23.4. The Hall–Kier alpha value is -3.32. The molecule has 1 N–H and O–H groups in total. The Morgan fingerprint density at radius 1 is 0.939 bits per heavy atom. The Kier molecular flexibility index (Phi) is 6.70. The normalized spacial score (nSPS) is 11.5. The van der Waals surface area contributed by atoms with Crippen LogP contribution in [0.1, 0.15) is 23.6 Å². The van der Waals surface area contributed by atoms with Crippen LogP contribution >= 0.6 is 12.2 Å². The predicted octanol–water partition coefficient (Wildman–Crippen LogP) is 7.08. The van der Waals surface area contributed by atoms with Crippen LogP contribution in [0.4, 0.5) is 18.9 Å². The first-order valence-corrected chi connectivity index (χ1v) is 11.1. The summed E-state index contributed by atoms with van der Waals surface area (Å²) in [6, 6.07) is 23.2. The van der Waals surface area contributed by atoms with Gasteiger partial charge in [-0.1, -0.05) is 54.6 Å². The van der Waals surface area contributed by atoms with Gasteiger partial charge in [0.05, 0.1) is 5.56 Å². The molecule has 0 radical (unpaired) electrons. The Morgan fingerprint density at radius 2 is 1.67 bits per heavy atom. The van der Waals surface area contributed by atoms with E-state index < -0.39 is 11.7 Å². The number of anilines is 1. The van der Waals surface area contributed by atoms with E-state index in [2.05, 4.69) is 35.1 Å². The van der Waals surface area contributed by atoms with E-state index in [-0.39, 0.29) is 0 Å². The molecule has 4 rings (SSSR count). The highest BCUT2D eigenvalue weighted by Gasteiger charge is 2.30. The summed E-state index contributed by atoms with van der Waals surface area (Å²) in [6.07, 6.45) is -2.29. The van der Waals surface area contributed by atoms with E-state index in [0.717, 1.165) is 40.7 Å². The molecule has 0 saturated heterocycles. The summed E-state index contributed by atoms with van der Waals surface area (Å²) in [7, 11) is 0. The smallest absolute Gasteiger partial charge is 0.347 e. The maximum atomic E-state index is 13.1. The molecule has 0 bridgehead atoms. The summed E-state index contributed by atoms with van der Waals surface area (Å²) >= 11 is 5.68. The van der Waals surface area contributed by atoms with Gasteiger partial charge in [0.25, 0.3) is 0 Å². The Balaban J connectivity index is 1.64. The molecule has 0 fully saturated rings. The third-order valence-corrected chi connectivity index (χ3v) is 5.88. The SMILES string of the molecule is CCn1cc(CN(Cc2ccccc2)C(=S)Nc2cccc(C(F)(F)F)c2)c2ccccc21. The Labute approximate surface area is 196 Å². The molecule has 33 heavy (non-hydrogen) atoms. The fourth-order valence-electron chi connectivity index (χ4n) is 3.90. The van der Waals surface area contributed by atoms with Crippen molar-refractivity contribution in [1.29, 1.82) is 0 Å². The average Bonchev–Trinajstić information content (AvgIpc) is 3.16. The van der Waals surface area contributed by atoms with Crippen LogP contribution in [0.5, 0.6) is 0 Å². The number of aryl methyl sites for hydroxylation is 1. The molecular weight excluding hydrogens is 443 g/mol. The summed E-state index contributed by atoms with van der Waals surface area (Å²) in [6.45, 7) is 3.98. The van der Waals surface area contributed by atoms with Crippen molar-refractivity contribution in [3.05, 3.63) is 102 Å². The van der Waals surface area contributed by atoms with Gasteiger partial charge < -0.3 is 14.8 Å². The number of hydrogen-bond acceptors (Lipinski definition) is 1. The third kappa shape index (κ3) is 5.37. The molecule has 0 unspecified atom stereocenters. The van der Waals surface area contributed by atoms with Crippen molar-refractivity contribution in [1.82, 2.24) is 9.47 Å². The van der Waals surface area contributed by atoms with Crippen LogP contribution in [-0.4, -0.2) is 14.6 Å². The molecule has 0 amide bonds. The first kappa shape index (κ1) is 22.9. The van der Waals surface area contributed by atoms with E-state index in [1.807, 2.05) is 47.4 Å². The van der Waals surface area contributed by atoms with Gasteiger partial charge in [-0.3, -0.25) is 0 Å². The van der Waals surface area contributed by atoms with Crippen LogP contribution in [0, 0.1) is 0 Å². The zero-order valence-electron chi connectivity index (χ0n) is 18.1. The number of aromatic nitrogens is 1. The molecule has 0 saturated carbocycles. The van der Waals surface area contributed by atoms with Crippen molar-refractivity contribution < 1.29 is 13.2 Å². The second-order valence-corrected chi connectivity index (χ2v) is 8.19. The highest BCUT2D eigenvalue weighted by molar-refractivity contribution is 7.80. The molecule has 3 nitrogen and oxygen atoms in total. The van der Waals surface area contributed by atoms with Gasteiger partial charge in [-0.2, -0.15) is 13.2 Å². The first-order chi connectivity index (χ1) is 15.8. The van der Waals surface area contributed by atoms with Gasteiger partial charge in [-0.25, -0.2) is 0 Å². The van der Waals surface area contributed by atoms with Crippen molar-refractivity contribution in [2.24, 2.45) is 0 Å².